The number of likely N-dealkylation sites (tertiary alicyclic amines) is 1. The van der Waals surface area contributed by atoms with Crippen LogP contribution in [0.4, 0.5) is 10.5 Å². The third-order valence-corrected chi connectivity index (χ3v) is 5.15. The highest BCUT2D eigenvalue weighted by molar-refractivity contribution is 8.00. The van der Waals surface area contributed by atoms with Crippen molar-refractivity contribution in [3.05, 3.63) is 24.3 Å². The minimum Gasteiger partial charge on any atom is -0.396 e. The summed E-state index contributed by atoms with van der Waals surface area (Å²) in [5.41, 5.74) is 0.854. The number of nitrogens with one attached hydrogen (secondary N) is 2. The molecular formula is C18H29N3O2S. The topological polar surface area (TPSA) is 64.6 Å². The second-order valence-corrected chi connectivity index (χ2v) is 8.15. The number of para-hydroxylation sites is 1. The fraction of sp³-hybridized carbons (Fsp3) is 0.611. The number of piperidine rings is 1. The van der Waals surface area contributed by atoms with E-state index in [4.69, 9.17) is 0 Å². The smallest absolute Gasteiger partial charge is 0.319 e. The Hall–Kier alpha value is -1.24. The predicted molar refractivity (Wildman–Crippen MR) is 101 cm³/mol. The molecule has 2 amide bonds. The predicted octanol–water partition coefficient (Wildman–Crippen LogP) is 3.01. The lowest BCUT2D eigenvalue weighted by Crippen LogP contribution is -2.42. The Morgan fingerprint density at radius 2 is 2.21 bits per heavy atom. The van der Waals surface area contributed by atoms with Crippen molar-refractivity contribution < 1.29 is 9.90 Å². The minimum absolute atomic E-state index is 0.164. The van der Waals surface area contributed by atoms with Crippen LogP contribution in [0.1, 0.15) is 26.7 Å². The molecule has 1 unspecified atom stereocenters. The largest absolute Gasteiger partial charge is 0.396 e. The zero-order chi connectivity index (χ0) is 17.4. The summed E-state index contributed by atoms with van der Waals surface area (Å²) >= 11 is 1.74. The zero-order valence-electron chi connectivity index (χ0n) is 14.6. The SMILES string of the molecule is CC(C)Sc1ccccc1NC(=O)NCCN1CCCC(CO)C1. The standard InChI is InChI=1S/C18H29N3O2S/c1-14(2)24-17-8-4-3-7-16(17)20-18(23)19-9-11-21-10-5-6-15(12-21)13-22/h3-4,7-8,14-15,22H,5-6,9-13H2,1-2H3,(H2,19,20,23). The number of benzene rings is 1. The van der Waals surface area contributed by atoms with E-state index in [-0.39, 0.29) is 12.6 Å². The van der Waals surface area contributed by atoms with E-state index in [0.717, 1.165) is 43.1 Å². The molecule has 0 aliphatic carbocycles. The first-order valence-corrected chi connectivity index (χ1v) is 9.60. The molecule has 0 aromatic heterocycles. The normalized spacial score (nSPS) is 18.6. The van der Waals surface area contributed by atoms with Crippen molar-refractivity contribution in [3.8, 4) is 0 Å². The summed E-state index contributed by atoms with van der Waals surface area (Å²) in [7, 11) is 0. The number of carbonyl (C=O) groups excluding carboxylic acids is 1. The molecule has 0 saturated carbocycles. The Morgan fingerprint density at radius 1 is 1.42 bits per heavy atom. The molecule has 1 aliphatic heterocycles. The van der Waals surface area contributed by atoms with Gasteiger partial charge in [-0.1, -0.05) is 26.0 Å². The molecule has 3 N–H and O–H groups in total. The van der Waals surface area contributed by atoms with Gasteiger partial charge in [-0.15, -0.1) is 11.8 Å². The molecular weight excluding hydrogens is 322 g/mol. The molecule has 134 valence electrons. The highest BCUT2D eigenvalue weighted by Gasteiger charge is 2.18. The zero-order valence-corrected chi connectivity index (χ0v) is 15.4. The van der Waals surface area contributed by atoms with Gasteiger partial charge in [-0.05, 0) is 37.4 Å². The van der Waals surface area contributed by atoms with Gasteiger partial charge in [-0.2, -0.15) is 0 Å². The van der Waals surface area contributed by atoms with E-state index in [9.17, 15) is 9.90 Å². The molecule has 1 aliphatic rings. The molecule has 1 atom stereocenters. The third-order valence-electron chi connectivity index (χ3n) is 4.07. The molecule has 1 aromatic rings. The lowest BCUT2D eigenvalue weighted by Gasteiger charge is -2.31. The Kier molecular flexibility index (Phi) is 7.88. The summed E-state index contributed by atoms with van der Waals surface area (Å²) < 4.78 is 0. The summed E-state index contributed by atoms with van der Waals surface area (Å²) in [6.45, 7) is 7.95. The van der Waals surface area contributed by atoms with Gasteiger partial charge in [-0.25, -0.2) is 4.79 Å². The highest BCUT2D eigenvalue weighted by Crippen LogP contribution is 2.29. The number of thioether (sulfide) groups is 1. The Labute approximate surface area is 149 Å². The number of aliphatic hydroxyl groups is 1. The second-order valence-electron chi connectivity index (χ2n) is 6.54. The van der Waals surface area contributed by atoms with Crippen LogP contribution in [0.25, 0.3) is 0 Å². The average Bonchev–Trinajstić information content (AvgIpc) is 2.56. The lowest BCUT2D eigenvalue weighted by atomic mass is 9.99. The fourth-order valence-electron chi connectivity index (χ4n) is 2.92. The number of aliphatic hydroxyl groups excluding tert-OH is 1. The first kappa shape index (κ1) is 19.1. The van der Waals surface area contributed by atoms with Gasteiger partial charge in [-0.3, -0.25) is 0 Å². The van der Waals surface area contributed by atoms with Crippen molar-refractivity contribution >= 4 is 23.5 Å². The van der Waals surface area contributed by atoms with Crippen LogP contribution >= 0.6 is 11.8 Å². The van der Waals surface area contributed by atoms with Crippen LogP contribution in [-0.2, 0) is 0 Å². The average molecular weight is 352 g/mol. The summed E-state index contributed by atoms with van der Waals surface area (Å²) in [5, 5.41) is 15.6. The van der Waals surface area contributed by atoms with Gasteiger partial charge in [0.1, 0.15) is 0 Å². The lowest BCUT2D eigenvalue weighted by molar-refractivity contribution is 0.121. The van der Waals surface area contributed by atoms with E-state index in [1.165, 1.54) is 0 Å². The van der Waals surface area contributed by atoms with E-state index in [1.54, 1.807) is 11.8 Å². The maximum atomic E-state index is 12.1. The number of hydrogen-bond donors (Lipinski definition) is 3. The molecule has 1 fully saturated rings. The van der Waals surface area contributed by atoms with Crippen molar-refractivity contribution in [2.24, 2.45) is 5.92 Å². The van der Waals surface area contributed by atoms with Crippen LogP contribution < -0.4 is 10.6 Å². The fourth-order valence-corrected chi connectivity index (χ4v) is 3.84. The third kappa shape index (κ3) is 6.34. The first-order valence-electron chi connectivity index (χ1n) is 8.72. The van der Waals surface area contributed by atoms with Crippen LogP contribution in [-0.4, -0.2) is 54.1 Å². The number of rotatable bonds is 7. The van der Waals surface area contributed by atoms with Crippen molar-refractivity contribution in [2.45, 2.75) is 36.8 Å². The number of anilines is 1. The Bertz CT molecular complexity index is 525. The number of nitrogens with zero attached hydrogens (tertiary/aromatic N) is 1. The van der Waals surface area contributed by atoms with E-state index in [1.807, 2.05) is 24.3 Å². The molecule has 0 radical (unpaired) electrons. The van der Waals surface area contributed by atoms with Crippen molar-refractivity contribution in [1.29, 1.82) is 0 Å². The second kappa shape index (κ2) is 9.91. The quantitative estimate of drug-likeness (QED) is 0.661. The van der Waals surface area contributed by atoms with Gasteiger partial charge in [0.15, 0.2) is 0 Å². The number of hydrogen-bond acceptors (Lipinski definition) is 4. The molecule has 1 aromatic carbocycles. The maximum Gasteiger partial charge on any atom is 0.319 e. The number of carbonyl (C=O) groups is 1. The van der Waals surface area contributed by atoms with Crippen molar-refractivity contribution in [3.63, 3.8) is 0 Å². The maximum absolute atomic E-state index is 12.1. The van der Waals surface area contributed by atoms with Crippen LogP contribution in [0.3, 0.4) is 0 Å². The highest BCUT2D eigenvalue weighted by atomic mass is 32.2. The number of amides is 2. The van der Waals surface area contributed by atoms with Gasteiger partial charge in [0.25, 0.3) is 0 Å². The van der Waals surface area contributed by atoms with Crippen molar-refractivity contribution in [2.75, 3.05) is 38.1 Å². The molecule has 6 heteroatoms. The molecule has 0 bridgehead atoms. The van der Waals surface area contributed by atoms with Gasteiger partial charge in [0, 0.05) is 36.4 Å². The first-order chi connectivity index (χ1) is 11.6. The minimum atomic E-state index is -0.164. The van der Waals surface area contributed by atoms with E-state index >= 15 is 0 Å². The number of urea groups is 1. The van der Waals surface area contributed by atoms with Gasteiger partial charge < -0.3 is 20.6 Å². The van der Waals surface area contributed by atoms with Crippen LogP contribution in [0.5, 0.6) is 0 Å². The molecule has 24 heavy (non-hydrogen) atoms. The van der Waals surface area contributed by atoms with E-state index in [2.05, 4.69) is 29.4 Å². The van der Waals surface area contributed by atoms with Crippen LogP contribution in [0, 0.1) is 5.92 Å². The molecule has 1 saturated heterocycles. The van der Waals surface area contributed by atoms with E-state index < -0.39 is 0 Å². The van der Waals surface area contributed by atoms with Gasteiger partial charge in [0.2, 0.25) is 0 Å². The van der Waals surface area contributed by atoms with Crippen LogP contribution in [0.2, 0.25) is 0 Å². The van der Waals surface area contributed by atoms with Crippen molar-refractivity contribution in [1.82, 2.24) is 10.2 Å². The molecule has 2 rings (SSSR count). The summed E-state index contributed by atoms with van der Waals surface area (Å²) in [6.07, 6.45) is 2.22. The molecule has 5 nitrogen and oxygen atoms in total. The van der Waals surface area contributed by atoms with E-state index in [0.29, 0.717) is 17.7 Å². The Morgan fingerprint density at radius 3 is 2.96 bits per heavy atom. The van der Waals surface area contributed by atoms with Gasteiger partial charge in [0.05, 0.1) is 5.69 Å². The summed E-state index contributed by atoms with van der Waals surface area (Å²) in [4.78, 5) is 15.5. The molecule has 1 heterocycles. The Balaban J connectivity index is 1.75. The molecule has 0 spiro atoms. The summed E-state index contributed by atoms with van der Waals surface area (Å²) in [6, 6.07) is 7.72. The van der Waals surface area contributed by atoms with Crippen LogP contribution in [0.15, 0.2) is 29.2 Å². The van der Waals surface area contributed by atoms with Gasteiger partial charge >= 0.3 is 6.03 Å². The summed E-state index contributed by atoms with van der Waals surface area (Å²) in [5.74, 6) is 0.382. The monoisotopic (exact) mass is 351 g/mol.